The van der Waals surface area contributed by atoms with Crippen molar-refractivity contribution in [1.29, 1.82) is 0 Å². The zero-order valence-electron chi connectivity index (χ0n) is 7.29. The van der Waals surface area contributed by atoms with Gasteiger partial charge >= 0.3 is 0 Å². The van der Waals surface area contributed by atoms with E-state index in [4.69, 9.17) is 0 Å². The zero-order valence-corrected chi connectivity index (χ0v) is 7.29. The van der Waals surface area contributed by atoms with Crippen LogP contribution in [0.15, 0.2) is 24.4 Å². The lowest BCUT2D eigenvalue weighted by Gasteiger charge is -2.04. The molecule has 2 aromatic rings. The first-order chi connectivity index (χ1) is 6.33. The summed E-state index contributed by atoms with van der Waals surface area (Å²) in [6, 6.07) is 5.84. The summed E-state index contributed by atoms with van der Waals surface area (Å²) >= 11 is 0. The molecule has 0 unspecified atom stereocenters. The van der Waals surface area contributed by atoms with Crippen molar-refractivity contribution in [2.45, 2.75) is 6.92 Å². The van der Waals surface area contributed by atoms with Crippen molar-refractivity contribution in [1.82, 2.24) is 4.98 Å². The van der Waals surface area contributed by atoms with Crippen LogP contribution in [0.25, 0.3) is 10.9 Å². The Morgan fingerprint density at radius 2 is 2.23 bits per heavy atom. The summed E-state index contributed by atoms with van der Waals surface area (Å²) in [6.45, 7) is 1.99. The minimum atomic E-state index is 0.695. The highest BCUT2D eigenvalue weighted by molar-refractivity contribution is 5.90. The highest BCUT2D eigenvalue weighted by atomic mass is 16.1. The molecule has 2 N–H and O–H groups in total. The van der Waals surface area contributed by atoms with Crippen molar-refractivity contribution in [2.24, 2.45) is 0 Å². The van der Waals surface area contributed by atoms with Crippen LogP contribution in [0.2, 0.25) is 0 Å². The molecule has 0 spiro atoms. The first-order valence-corrected chi connectivity index (χ1v) is 4.10. The van der Waals surface area contributed by atoms with E-state index in [2.05, 4.69) is 10.3 Å². The van der Waals surface area contributed by atoms with Gasteiger partial charge in [0.25, 0.3) is 0 Å². The number of amides is 1. The first kappa shape index (κ1) is 7.86. The molecule has 1 aromatic heterocycles. The van der Waals surface area contributed by atoms with Gasteiger partial charge in [0.1, 0.15) is 0 Å². The van der Waals surface area contributed by atoms with Gasteiger partial charge in [-0.1, -0.05) is 0 Å². The highest BCUT2D eigenvalue weighted by Gasteiger charge is 2.02. The summed E-state index contributed by atoms with van der Waals surface area (Å²) in [7, 11) is 0. The lowest BCUT2D eigenvalue weighted by atomic mass is 10.1. The van der Waals surface area contributed by atoms with Crippen LogP contribution >= 0.6 is 0 Å². The molecule has 0 fully saturated rings. The molecule has 66 valence electrons. The summed E-state index contributed by atoms with van der Waals surface area (Å²) in [6.07, 6.45) is 2.59. The third-order valence-electron chi connectivity index (χ3n) is 2.22. The fraction of sp³-hybridized carbons (Fsp3) is 0.100. The van der Waals surface area contributed by atoms with Gasteiger partial charge in [-0.05, 0) is 30.7 Å². The number of anilines is 1. The minimum Gasteiger partial charge on any atom is -0.361 e. The van der Waals surface area contributed by atoms with Gasteiger partial charge in [-0.15, -0.1) is 0 Å². The Labute approximate surface area is 75.8 Å². The number of aryl methyl sites for hydroxylation is 1. The fourth-order valence-corrected chi connectivity index (χ4v) is 1.50. The van der Waals surface area contributed by atoms with E-state index in [0.717, 1.165) is 22.2 Å². The van der Waals surface area contributed by atoms with Gasteiger partial charge in [0.05, 0.1) is 0 Å². The molecule has 0 saturated heterocycles. The van der Waals surface area contributed by atoms with Gasteiger partial charge in [-0.3, -0.25) is 4.79 Å². The number of carbonyl (C=O) groups is 1. The number of carbonyl (C=O) groups excluding carboxylic acids is 1. The Hall–Kier alpha value is -1.77. The number of nitrogens with one attached hydrogen (secondary N) is 2. The molecule has 1 aromatic carbocycles. The van der Waals surface area contributed by atoms with Crippen molar-refractivity contribution < 1.29 is 4.79 Å². The third-order valence-corrected chi connectivity index (χ3v) is 2.22. The number of hydrogen-bond donors (Lipinski definition) is 2. The molecule has 1 heterocycles. The predicted molar refractivity (Wildman–Crippen MR) is 52.7 cm³/mol. The summed E-state index contributed by atoms with van der Waals surface area (Å²) < 4.78 is 0. The molecule has 0 saturated carbocycles. The van der Waals surface area contributed by atoms with Crippen molar-refractivity contribution in [3.05, 3.63) is 30.0 Å². The highest BCUT2D eigenvalue weighted by Crippen LogP contribution is 2.23. The van der Waals surface area contributed by atoms with Crippen LogP contribution in [0.4, 0.5) is 5.69 Å². The Morgan fingerprint density at radius 3 is 3.00 bits per heavy atom. The van der Waals surface area contributed by atoms with E-state index in [-0.39, 0.29) is 0 Å². The second-order valence-electron chi connectivity index (χ2n) is 2.94. The summed E-state index contributed by atoms with van der Waals surface area (Å²) in [5, 5.41) is 3.81. The van der Waals surface area contributed by atoms with Gasteiger partial charge < -0.3 is 10.3 Å². The van der Waals surface area contributed by atoms with E-state index >= 15 is 0 Å². The topological polar surface area (TPSA) is 44.9 Å². The number of hydrogen-bond acceptors (Lipinski definition) is 1. The minimum absolute atomic E-state index is 0.695. The molecule has 0 aliphatic heterocycles. The van der Waals surface area contributed by atoms with Crippen LogP contribution in [0.5, 0.6) is 0 Å². The number of benzene rings is 1. The van der Waals surface area contributed by atoms with Crippen LogP contribution in [0, 0.1) is 6.92 Å². The third kappa shape index (κ3) is 1.18. The summed E-state index contributed by atoms with van der Waals surface area (Å²) in [4.78, 5) is 13.4. The van der Waals surface area contributed by atoms with Crippen molar-refractivity contribution >= 4 is 23.0 Å². The number of aromatic nitrogens is 1. The molecule has 2 rings (SSSR count). The quantitative estimate of drug-likeness (QED) is 0.672. The summed E-state index contributed by atoms with van der Waals surface area (Å²) in [5.41, 5.74) is 3.04. The lowest BCUT2D eigenvalue weighted by molar-refractivity contribution is -0.105. The van der Waals surface area contributed by atoms with E-state index in [1.807, 2.05) is 31.3 Å². The molecular formula is C10H10N2O. The van der Waals surface area contributed by atoms with E-state index in [0.29, 0.717) is 6.41 Å². The molecule has 0 atom stereocenters. The molecular weight excluding hydrogens is 164 g/mol. The first-order valence-electron chi connectivity index (χ1n) is 4.10. The average Bonchev–Trinajstić information content (AvgIpc) is 2.58. The molecule has 0 aliphatic rings. The van der Waals surface area contributed by atoms with Crippen LogP contribution in [0.1, 0.15) is 5.56 Å². The molecule has 3 heteroatoms. The lowest BCUT2D eigenvalue weighted by Crippen LogP contribution is -1.95. The Bertz CT molecular complexity index is 445. The zero-order chi connectivity index (χ0) is 9.26. The maximum absolute atomic E-state index is 10.3. The van der Waals surface area contributed by atoms with Crippen LogP contribution < -0.4 is 5.32 Å². The molecule has 0 bridgehead atoms. The molecule has 13 heavy (non-hydrogen) atoms. The van der Waals surface area contributed by atoms with Gasteiger partial charge in [0.2, 0.25) is 6.41 Å². The van der Waals surface area contributed by atoms with Crippen molar-refractivity contribution in [3.8, 4) is 0 Å². The normalized spacial score (nSPS) is 10.2. The largest absolute Gasteiger partial charge is 0.361 e. The van der Waals surface area contributed by atoms with Crippen molar-refractivity contribution in [2.75, 3.05) is 5.32 Å². The standard InChI is InChI=1S/C10H10N2O/c1-7-8-4-5-11-10(8)3-2-9(7)12-6-13/h2-6,11H,1H3,(H,12,13). The average molecular weight is 174 g/mol. The number of aromatic amines is 1. The Morgan fingerprint density at radius 1 is 1.38 bits per heavy atom. The second-order valence-corrected chi connectivity index (χ2v) is 2.94. The number of fused-ring (bicyclic) bond motifs is 1. The Balaban J connectivity index is 2.65. The van der Waals surface area contributed by atoms with Crippen LogP contribution in [-0.2, 0) is 4.79 Å². The molecule has 0 radical (unpaired) electrons. The van der Waals surface area contributed by atoms with Gasteiger partial charge in [-0.25, -0.2) is 0 Å². The smallest absolute Gasteiger partial charge is 0.211 e. The van der Waals surface area contributed by atoms with E-state index in [9.17, 15) is 4.79 Å². The Kier molecular flexibility index (Phi) is 1.77. The molecule has 0 aliphatic carbocycles. The predicted octanol–water partition coefficient (Wildman–Crippen LogP) is 2.04. The van der Waals surface area contributed by atoms with Gasteiger partial charge in [-0.2, -0.15) is 0 Å². The maximum atomic E-state index is 10.3. The van der Waals surface area contributed by atoms with Crippen molar-refractivity contribution in [3.63, 3.8) is 0 Å². The van der Waals surface area contributed by atoms with E-state index in [1.54, 1.807) is 0 Å². The number of H-pyrrole nitrogens is 1. The van der Waals surface area contributed by atoms with Gasteiger partial charge in [0.15, 0.2) is 0 Å². The second kappa shape index (κ2) is 2.94. The van der Waals surface area contributed by atoms with Gasteiger partial charge in [0, 0.05) is 22.8 Å². The molecule has 3 nitrogen and oxygen atoms in total. The van der Waals surface area contributed by atoms with Crippen LogP contribution in [-0.4, -0.2) is 11.4 Å². The van der Waals surface area contributed by atoms with E-state index in [1.165, 1.54) is 0 Å². The number of rotatable bonds is 2. The fourth-order valence-electron chi connectivity index (χ4n) is 1.50. The summed E-state index contributed by atoms with van der Waals surface area (Å²) in [5.74, 6) is 0. The SMILES string of the molecule is Cc1c(NC=O)ccc2[nH]ccc12. The van der Waals surface area contributed by atoms with Crippen LogP contribution in [0.3, 0.4) is 0 Å². The van der Waals surface area contributed by atoms with E-state index < -0.39 is 0 Å². The monoisotopic (exact) mass is 174 g/mol. The molecule has 1 amide bonds. The maximum Gasteiger partial charge on any atom is 0.211 e.